The van der Waals surface area contributed by atoms with Gasteiger partial charge in [-0.15, -0.1) is 0 Å². The minimum atomic E-state index is -4.75. The molecular weight excluding hydrogens is 583 g/mol. The number of benzene rings is 3. The summed E-state index contributed by atoms with van der Waals surface area (Å²) in [4.78, 5) is 28.5. The molecule has 0 aliphatic rings. The predicted molar refractivity (Wildman–Crippen MR) is 158 cm³/mol. The Morgan fingerprint density at radius 2 is 1.58 bits per heavy atom. The van der Waals surface area contributed by atoms with Gasteiger partial charge in [-0.1, -0.05) is 43.3 Å². The fraction of sp³-hybridized carbons (Fsp3) is 0.355. The van der Waals surface area contributed by atoms with Crippen LogP contribution in [0.1, 0.15) is 45.2 Å². The van der Waals surface area contributed by atoms with Gasteiger partial charge in [0.2, 0.25) is 11.8 Å². The van der Waals surface area contributed by atoms with Crippen molar-refractivity contribution < 1.29 is 35.9 Å². The molecule has 0 fully saturated rings. The lowest BCUT2D eigenvalue weighted by Gasteiger charge is -2.35. The van der Waals surface area contributed by atoms with Crippen LogP contribution in [-0.4, -0.2) is 50.4 Å². The van der Waals surface area contributed by atoms with E-state index in [4.69, 9.17) is 4.74 Å². The average molecular weight is 620 g/mol. The maximum absolute atomic E-state index is 14.1. The molecule has 3 aromatic rings. The monoisotopic (exact) mass is 619 g/mol. The number of ether oxygens (including phenoxy) is 1. The second-order valence-corrected chi connectivity index (χ2v) is 12.8. The lowest BCUT2D eigenvalue weighted by molar-refractivity contribution is -0.141. The van der Waals surface area contributed by atoms with Crippen molar-refractivity contribution in [3.8, 4) is 5.75 Å². The highest BCUT2D eigenvalue weighted by Crippen LogP contribution is 2.33. The molecule has 43 heavy (non-hydrogen) atoms. The maximum atomic E-state index is 14.1. The van der Waals surface area contributed by atoms with Gasteiger partial charge in [0, 0.05) is 12.1 Å². The Balaban J connectivity index is 2.13. The zero-order chi connectivity index (χ0) is 32.0. The first kappa shape index (κ1) is 33.4. The summed E-state index contributed by atoms with van der Waals surface area (Å²) in [5, 5.41) is 2.86. The zero-order valence-electron chi connectivity index (χ0n) is 24.7. The van der Waals surface area contributed by atoms with Crippen LogP contribution in [0.15, 0.2) is 83.8 Å². The van der Waals surface area contributed by atoms with Crippen LogP contribution in [0.5, 0.6) is 5.75 Å². The Morgan fingerprint density at radius 1 is 0.930 bits per heavy atom. The van der Waals surface area contributed by atoms with E-state index in [1.165, 1.54) is 42.3 Å². The molecule has 0 saturated carbocycles. The number of hydrogen-bond acceptors (Lipinski definition) is 5. The first-order valence-corrected chi connectivity index (χ1v) is 15.0. The van der Waals surface area contributed by atoms with Gasteiger partial charge in [0.25, 0.3) is 10.0 Å². The summed E-state index contributed by atoms with van der Waals surface area (Å²) < 4.78 is 74.5. The predicted octanol–water partition coefficient (Wildman–Crippen LogP) is 5.63. The van der Waals surface area contributed by atoms with Crippen LogP contribution in [0, 0.1) is 0 Å². The first-order chi connectivity index (χ1) is 20.1. The molecular formula is C31H36F3N3O5S. The molecule has 8 nitrogen and oxygen atoms in total. The summed E-state index contributed by atoms with van der Waals surface area (Å²) in [7, 11) is -3.03. The number of nitrogens with one attached hydrogen (secondary N) is 1. The standard InChI is InChI=1S/C31H36F3N3O5S/c1-6-27(29(39)35-30(2,3)4)36(20-22-12-10-15-25(18-22)42-5)28(38)21-37(43(40,41)26-16-8-7-9-17-26)24-14-11-13-23(19-24)31(32,33)34/h7-19,27H,6,20-21H2,1-5H3,(H,35,39). The summed E-state index contributed by atoms with van der Waals surface area (Å²) in [6.07, 6.45) is -4.56. The summed E-state index contributed by atoms with van der Waals surface area (Å²) in [5.41, 5.74) is -1.45. The minimum absolute atomic E-state index is 0.0894. The Bertz CT molecular complexity index is 1520. The van der Waals surface area contributed by atoms with E-state index in [0.717, 1.165) is 12.1 Å². The van der Waals surface area contributed by atoms with E-state index in [-0.39, 0.29) is 23.5 Å². The van der Waals surface area contributed by atoms with Crippen molar-refractivity contribution in [2.24, 2.45) is 0 Å². The Labute approximate surface area is 250 Å². The third-order valence-corrected chi connectivity index (χ3v) is 8.23. The molecule has 0 radical (unpaired) electrons. The lowest BCUT2D eigenvalue weighted by atomic mass is 10.1. The van der Waals surface area contributed by atoms with Crippen molar-refractivity contribution in [2.75, 3.05) is 18.0 Å². The van der Waals surface area contributed by atoms with Crippen molar-refractivity contribution in [3.05, 3.63) is 90.0 Å². The molecule has 232 valence electrons. The summed E-state index contributed by atoms with van der Waals surface area (Å²) in [6, 6.07) is 16.7. The molecule has 1 unspecified atom stereocenters. The van der Waals surface area contributed by atoms with Gasteiger partial charge in [-0.3, -0.25) is 13.9 Å². The highest BCUT2D eigenvalue weighted by atomic mass is 32.2. The van der Waals surface area contributed by atoms with Crippen LogP contribution >= 0.6 is 0 Å². The van der Waals surface area contributed by atoms with Gasteiger partial charge in [0.15, 0.2) is 0 Å². The third kappa shape index (κ3) is 8.73. The van der Waals surface area contributed by atoms with E-state index in [9.17, 15) is 31.2 Å². The molecule has 1 N–H and O–H groups in total. The fourth-order valence-corrected chi connectivity index (χ4v) is 5.85. The number of halogens is 3. The van der Waals surface area contributed by atoms with E-state index in [2.05, 4.69) is 5.32 Å². The number of carbonyl (C=O) groups excluding carboxylic acids is 2. The molecule has 12 heteroatoms. The van der Waals surface area contributed by atoms with Crippen molar-refractivity contribution in [2.45, 2.75) is 63.3 Å². The van der Waals surface area contributed by atoms with E-state index in [0.29, 0.717) is 21.7 Å². The number of carbonyl (C=O) groups is 2. The smallest absolute Gasteiger partial charge is 0.416 e. The van der Waals surface area contributed by atoms with Gasteiger partial charge in [-0.25, -0.2) is 8.42 Å². The Morgan fingerprint density at radius 3 is 2.16 bits per heavy atom. The number of anilines is 1. The van der Waals surface area contributed by atoms with Crippen LogP contribution < -0.4 is 14.4 Å². The maximum Gasteiger partial charge on any atom is 0.416 e. The number of alkyl halides is 3. The molecule has 0 heterocycles. The van der Waals surface area contributed by atoms with Gasteiger partial charge >= 0.3 is 6.18 Å². The largest absolute Gasteiger partial charge is 0.497 e. The van der Waals surface area contributed by atoms with Gasteiger partial charge in [-0.05, 0) is 75.2 Å². The summed E-state index contributed by atoms with van der Waals surface area (Å²) >= 11 is 0. The number of hydrogen-bond donors (Lipinski definition) is 1. The average Bonchev–Trinajstić information content (AvgIpc) is 2.94. The number of sulfonamides is 1. The number of nitrogens with zero attached hydrogens (tertiary/aromatic N) is 2. The number of methoxy groups -OCH3 is 1. The second kappa shape index (κ2) is 13.5. The third-order valence-electron chi connectivity index (χ3n) is 6.44. The second-order valence-electron chi connectivity index (χ2n) is 10.9. The first-order valence-electron chi connectivity index (χ1n) is 13.6. The van der Waals surface area contributed by atoms with Crippen LogP contribution in [-0.2, 0) is 32.3 Å². The van der Waals surface area contributed by atoms with Gasteiger partial charge in [-0.2, -0.15) is 13.2 Å². The summed E-state index contributed by atoms with van der Waals surface area (Å²) in [5.74, 6) is -0.729. The Kier molecular flexibility index (Phi) is 10.5. The van der Waals surface area contributed by atoms with Crippen molar-refractivity contribution >= 4 is 27.5 Å². The highest BCUT2D eigenvalue weighted by molar-refractivity contribution is 7.92. The zero-order valence-corrected chi connectivity index (χ0v) is 25.5. The van der Waals surface area contributed by atoms with Gasteiger partial charge in [0.1, 0.15) is 18.3 Å². The molecule has 0 aliphatic heterocycles. The lowest BCUT2D eigenvalue weighted by Crippen LogP contribution is -2.55. The van der Waals surface area contributed by atoms with E-state index >= 15 is 0 Å². The quantitative estimate of drug-likeness (QED) is 0.300. The fourth-order valence-electron chi connectivity index (χ4n) is 4.43. The SMILES string of the molecule is CCC(C(=O)NC(C)(C)C)N(Cc1cccc(OC)c1)C(=O)CN(c1cccc(C(F)(F)F)c1)S(=O)(=O)c1ccccc1. The van der Waals surface area contributed by atoms with Crippen molar-refractivity contribution in [3.63, 3.8) is 0 Å². The van der Waals surface area contributed by atoms with E-state index in [1.54, 1.807) is 58.0 Å². The van der Waals surface area contributed by atoms with Crippen molar-refractivity contribution in [1.29, 1.82) is 0 Å². The van der Waals surface area contributed by atoms with E-state index in [1.807, 2.05) is 0 Å². The molecule has 0 saturated heterocycles. The van der Waals surface area contributed by atoms with Crippen molar-refractivity contribution in [1.82, 2.24) is 10.2 Å². The summed E-state index contributed by atoms with van der Waals surface area (Å²) in [6.45, 7) is 6.12. The topological polar surface area (TPSA) is 96.0 Å². The molecule has 2 amide bonds. The number of rotatable bonds is 11. The van der Waals surface area contributed by atoms with Crippen LogP contribution in [0.25, 0.3) is 0 Å². The molecule has 1 atom stereocenters. The molecule has 0 spiro atoms. The minimum Gasteiger partial charge on any atom is -0.497 e. The number of amides is 2. The van der Waals surface area contributed by atoms with E-state index < -0.39 is 51.7 Å². The van der Waals surface area contributed by atoms with Gasteiger partial charge in [0.05, 0.1) is 23.3 Å². The highest BCUT2D eigenvalue weighted by Gasteiger charge is 2.36. The Hall–Kier alpha value is -4.06. The molecule has 0 aliphatic carbocycles. The van der Waals surface area contributed by atoms with Gasteiger partial charge < -0.3 is 15.0 Å². The van der Waals surface area contributed by atoms with Crippen LogP contribution in [0.3, 0.4) is 0 Å². The normalized spacial score (nSPS) is 12.7. The molecule has 3 aromatic carbocycles. The molecule has 0 aromatic heterocycles. The molecule has 0 bridgehead atoms. The molecule has 3 rings (SSSR count). The van der Waals surface area contributed by atoms with Crippen LogP contribution in [0.4, 0.5) is 18.9 Å². The van der Waals surface area contributed by atoms with Crippen LogP contribution in [0.2, 0.25) is 0 Å².